The van der Waals surface area contributed by atoms with Crippen LogP contribution in [-0.4, -0.2) is 23.1 Å². The van der Waals surface area contributed by atoms with E-state index in [1.807, 2.05) is 0 Å². The van der Waals surface area contributed by atoms with Gasteiger partial charge in [-0.05, 0) is 48.2 Å². The molecular formula is C17H21ClN2O4S2. The van der Waals surface area contributed by atoms with Crippen molar-refractivity contribution in [3.05, 3.63) is 53.1 Å². The first-order valence-electron chi connectivity index (χ1n) is 7.92. The predicted molar refractivity (Wildman–Crippen MR) is 106 cm³/mol. The molecule has 0 spiro atoms. The molecule has 2 rings (SSSR count). The highest BCUT2D eigenvalue weighted by atomic mass is 35.5. The molecule has 6 nitrogen and oxygen atoms in total. The second kappa shape index (κ2) is 7.85. The van der Waals surface area contributed by atoms with Crippen LogP contribution in [0.3, 0.4) is 0 Å². The van der Waals surface area contributed by atoms with Gasteiger partial charge in [-0.25, -0.2) is 16.8 Å². The molecule has 2 N–H and O–H groups in total. The summed E-state index contributed by atoms with van der Waals surface area (Å²) >= 11 is 6.02. The summed E-state index contributed by atoms with van der Waals surface area (Å²) in [5.41, 5.74) is 1.49. The van der Waals surface area contributed by atoms with Crippen molar-refractivity contribution in [3.63, 3.8) is 0 Å². The maximum Gasteiger partial charge on any atom is 0.261 e. The number of hydrogen-bond acceptors (Lipinski definition) is 4. The van der Waals surface area contributed by atoms with Crippen LogP contribution in [0, 0.1) is 0 Å². The Bertz CT molecular complexity index is 988. The maximum atomic E-state index is 12.5. The van der Waals surface area contributed by atoms with Crippen LogP contribution < -0.4 is 9.44 Å². The van der Waals surface area contributed by atoms with Gasteiger partial charge in [0.1, 0.15) is 0 Å². The minimum atomic E-state index is -3.77. The molecule has 2 aromatic rings. The molecule has 0 bridgehead atoms. The van der Waals surface area contributed by atoms with Gasteiger partial charge in [0.05, 0.1) is 27.5 Å². The van der Waals surface area contributed by atoms with E-state index in [9.17, 15) is 16.8 Å². The Labute approximate surface area is 159 Å². The molecule has 0 aliphatic rings. The minimum absolute atomic E-state index is 0.0859. The van der Waals surface area contributed by atoms with Crippen LogP contribution in [-0.2, 0) is 20.0 Å². The van der Waals surface area contributed by atoms with Crippen molar-refractivity contribution < 1.29 is 16.8 Å². The third-order valence-corrected chi connectivity index (χ3v) is 6.19. The highest BCUT2D eigenvalue weighted by Gasteiger charge is 2.16. The Balaban J connectivity index is 2.22. The van der Waals surface area contributed by atoms with Crippen molar-refractivity contribution in [1.82, 2.24) is 0 Å². The first-order chi connectivity index (χ1) is 12.0. The van der Waals surface area contributed by atoms with Crippen molar-refractivity contribution in [2.45, 2.75) is 31.1 Å². The van der Waals surface area contributed by atoms with Crippen molar-refractivity contribution in [2.75, 3.05) is 15.7 Å². The fourth-order valence-electron chi connectivity index (χ4n) is 2.29. The standard InChI is InChI=1S/C17H21ClN2O4S2/c1-4-12(2)13-5-8-15(9-6-13)26(23,24)19-14-7-10-17(16(18)11-14)20-25(3,21)22/h5-12,19-20H,4H2,1-3H3. The molecule has 2 aromatic carbocycles. The average Bonchev–Trinajstić information content (AvgIpc) is 2.55. The molecule has 0 fully saturated rings. The summed E-state index contributed by atoms with van der Waals surface area (Å²) in [5, 5.41) is 0.0859. The summed E-state index contributed by atoms with van der Waals surface area (Å²) in [6.45, 7) is 4.15. The molecule has 0 aliphatic heterocycles. The van der Waals surface area contributed by atoms with Crippen molar-refractivity contribution >= 4 is 43.0 Å². The Hall–Kier alpha value is -1.77. The van der Waals surface area contributed by atoms with Crippen molar-refractivity contribution in [3.8, 4) is 0 Å². The molecule has 0 amide bonds. The van der Waals surface area contributed by atoms with Gasteiger partial charge >= 0.3 is 0 Å². The first kappa shape index (κ1) is 20.5. The van der Waals surface area contributed by atoms with Gasteiger partial charge in [-0.3, -0.25) is 9.44 Å². The first-order valence-corrected chi connectivity index (χ1v) is 11.7. The van der Waals surface area contributed by atoms with Crippen LogP contribution in [0.2, 0.25) is 5.02 Å². The van der Waals surface area contributed by atoms with E-state index in [-0.39, 0.29) is 21.3 Å². The molecule has 1 atom stereocenters. The van der Waals surface area contributed by atoms with E-state index in [4.69, 9.17) is 11.6 Å². The van der Waals surface area contributed by atoms with E-state index in [2.05, 4.69) is 23.3 Å². The number of hydrogen-bond donors (Lipinski definition) is 2. The molecular weight excluding hydrogens is 396 g/mol. The summed E-state index contributed by atoms with van der Waals surface area (Å²) in [7, 11) is -7.25. The van der Waals surface area contributed by atoms with Gasteiger partial charge in [-0.15, -0.1) is 0 Å². The lowest BCUT2D eigenvalue weighted by atomic mass is 9.99. The predicted octanol–water partition coefficient (Wildman–Crippen LogP) is 4.03. The third-order valence-electron chi connectivity index (χ3n) is 3.89. The minimum Gasteiger partial charge on any atom is -0.282 e. The molecule has 0 saturated heterocycles. The molecule has 0 radical (unpaired) electrons. The molecule has 0 aliphatic carbocycles. The zero-order valence-corrected chi connectivity index (χ0v) is 17.0. The topological polar surface area (TPSA) is 92.3 Å². The summed E-state index contributed by atoms with van der Waals surface area (Å²) in [5.74, 6) is 0.355. The van der Waals surface area contributed by atoms with E-state index >= 15 is 0 Å². The summed E-state index contributed by atoms with van der Waals surface area (Å²) in [4.78, 5) is 0.138. The average molecular weight is 417 g/mol. The Morgan fingerprint density at radius 2 is 1.62 bits per heavy atom. The molecule has 1 unspecified atom stereocenters. The second-order valence-electron chi connectivity index (χ2n) is 6.05. The lowest BCUT2D eigenvalue weighted by Gasteiger charge is -2.12. The number of benzene rings is 2. The highest BCUT2D eigenvalue weighted by Crippen LogP contribution is 2.28. The number of sulfonamides is 2. The molecule has 142 valence electrons. The van der Waals surface area contributed by atoms with Gasteiger partial charge in [0.25, 0.3) is 10.0 Å². The van der Waals surface area contributed by atoms with Gasteiger partial charge in [-0.1, -0.05) is 37.6 Å². The molecule has 0 heterocycles. The number of rotatable bonds is 7. The van der Waals surface area contributed by atoms with Crippen LogP contribution in [0.25, 0.3) is 0 Å². The lowest BCUT2D eigenvalue weighted by Crippen LogP contribution is -2.14. The van der Waals surface area contributed by atoms with Gasteiger partial charge in [0.2, 0.25) is 10.0 Å². The molecule has 0 saturated carbocycles. The van der Waals surface area contributed by atoms with Crippen LogP contribution in [0.15, 0.2) is 47.4 Å². The fourth-order valence-corrected chi connectivity index (χ4v) is 4.20. The van der Waals surface area contributed by atoms with E-state index in [1.54, 1.807) is 24.3 Å². The van der Waals surface area contributed by atoms with Crippen molar-refractivity contribution in [1.29, 1.82) is 0 Å². The highest BCUT2D eigenvalue weighted by molar-refractivity contribution is 7.92. The van der Waals surface area contributed by atoms with Gasteiger partial charge in [0.15, 0.2) is 0 Å². The van der Waals surface area contributed by atoms with Crippen LogP contribution in [0.1, 0.15) is 31.7 Å². The zero-order chi connectivity index (χ0) is 19.5. The van der Waals surface area contributed by atoms with Crippen LogP contribution in [0.5, 0.6) is 0 Å². The maximum absolute atomic E-state index is 12.5. The Morgan fingerprint density at radius 1 is 1.00 bits per heavy atom. The summed E-state index contributed by atoms with van der Waals surface area (Å²) < 4.78 is 52.3. The van der Waals surface area contributed by atoms with Crippen LogP contribution >= 0.6 is 11.6 Å². The lowest BCUT2D eigenvalue weighted by molar-refractivity contribution is 0.600. The number of anilines is 2. The normalized spacial score (nSPS) is 13.2. The fraction of sp³-hybridized carbons (Fsp3) is 0.294. The van der Waals surface area contributed by atoms with Gasteiger partial charge in [-0.2, -0.15) is 0 Å². The SMILES string of the molecule is CCC(C)c1ccc(S(=O)(=O)Nc2ccc(NS(C)(=O)=O)c(Cl)c2)cc1. The Kier molecular flexibility index (Phi) is 6.21. The zero-order valence-electron chi connectivity index (χ0n) is 14.7. The Morgan fingerprint density at radius 3 is 2.12 bits per heavy atom. The molecule has 0 aromatic heterocycles. The quantitative estimate of drug-likeness (QED) is 0.712. The molecule has 26 heavy (non-hydrogen) atoms. The third kappa shape index (κ3) is 5.36. The van der Waals surface area contributed by atoms with E-state index in [1.165, 1.54) is 18.2 Å². The molecule has 9 heteroatoms. The smallest absolute Gasteiger partial charge is 0.261 e. The number of nitrogens with one attached hydrogen (secondary N) is 2. The van der Waals surface area contributed by atoms with E-state index in [0.29, 0.717) is 5.92 Å². The largest absolute Gasteiger partial charge is 0.282 e. The van der Waals surface area contributed by atoms with E-state index in [0.717, 1.165) is 18.2 Å². The monoisotopic (exact) mass is 416 g/mol. The van der Waals surface area contributed by atoms with Gasteiger partial charge in [0, 0.05) is 0 Å². The van der Waals surface area contributed by atoms with Gasteiger partial charge < -0.3 is 0 Å². The number of halogens is 1. The van der Waals surface area contributed by atoms with Crippen LogP contribution in [0.4, 0.5) is 11.4 Å². The summed E-state index contributed by atoms with van der Waals surface area (Å²) in [6.07, 6.45) is 1.97. The van der Waals surface area contributed by atoms with Crippen molar-refractivity contribution in [2.24, 2.45) is 0 Å². The summed E-state index contributed by atoms with van der Waals surface area (Å²) in [6, 6.07) is 10.9. The second-order valence-corrected chi connectivity index (χ2v) is 9.89. The van der Waals surface area contributed by atoms with E-state index < -0.39 is 20.0 Å².